The van der Waals surface area contributed by atoms with E-state index in [-0.39, 0.29) is 11.8 Å². The first-order valence-corrected chi connectivity index (χ1v) is 11.7. The lowest BCUT2D eigenvalue weighted by atomic mass is 10.0. The molecule has 174 valence electrons. The molecular formula is C29H30N2O3. The number of nitrogens with zero attached hydrogens (tertiary/aromatic N) is 1. The second kappa shape index (κ2) is 10.4. The maximum absolute atomic E-state index is 13.5. The fourth-order valence-corrected chi connectivity index (χ4v) is 3.99. The minimum Gasteiger partial charge on any atom is -0.494 e. The fourth-order valence-electron chi connectivity index (χ4n) is 3.99. The van der Waals surface area contributed by atoms with Gasteiger partial charge in [-0.2, -0.15) is 0 Å². The highest BCUT2D eigenvalue weighted by Gasteiger charge is 2.39. The number of imide groups is 1. The molecule has 0 radical (unpaired) electrons. The fraction of sp³-hybridized carbons (Fsp3) is 0.241. The van der Waals surface area contributed by atoms with Gasteiger partial charge in [-0.3, -0.25) is 14.5 Å². The molecule has 3 aromatic rings. The summed E-state index contributed by atoms with van der Waals surface area (Å²) < 4.78 is 5.69. The lowest BCUT2D eigenvalue weighted by Crippen LogP contribution is -2.34. The number of hydrogen-bond acceptors (Lipinski definition) is 4. The number of aryl methyl sites for hydroxylation is 2. The zero-order valence-corrected chi connectivity index (χ0v) is 19.9. The Labute approximate surface area is 201 Å². The van der Waals surface area contributed by atoms with E-state index in [2.05, 4.69) is 12.2 Å². The van der Waals surface area contributed by atoms with Crippen molar-refractivity contribution in [1.29, 1.82) is 0 Å². The summed E-state index contributed by atoms with van der Waals surface area (Å²) in [4.78, 5) is 28.4. The summed E-state index contributed by atoms with van der Waals surface area (Å²) in [6, 6.07) is 23.3. The third kappa shape index (κ3) is 5.04. The molecule has 0 aliphatic carbocycles. The molecule has 1 heterocycles. The van der Waals surface area contributed by atoms with Crippen LogP contribution in [0, 0.1) is 13.8 Å². The van der Waals surface area contributed by atoms with E-state index in [1.165, 1.54) is 4.90 Å². The van der Waals surface area contributed by atoms with E-state index in [1.807, 2.05) is 86.6 Å². The lowest BCUT2D eigenvalue weighted by Gasteiger charge is -2.16. The van der Waals surface area contributed by atoms with Crippen LogP contribution in [-0.4, -0.2) is 29.9 Å². The molecule has 2 amide bonds. The summed E-state index contributed by atoms with van der Waals surface area (Å²) in [6.45, 7) is 6.99. The molecule has 0 fully saturated rings. The SMILES string of the molecule is CCCOc1ccc(C2=C(Nc3cc(C)ccc3C)C(=O)N(CCc3ccccc3)C2=O)cc1. The quantitative estimate of drug-likeness (QED) is 0.432. The van der Waals surface area contributed by atoms with Gasteiger partial charge in [0.05, 0.1) is 12.2 Å². The van der Waals surface area contributed by atoms with Crippen molar-refractivity contribution in [2.24, 2.45) is 0 Å². The summed E-state index contributed by atoms with van der Waals surface area (Å²) in [5.74, 6) is 0.159. The van der Waals surface area contributed by atoms with Crippen molar-refractivity contribution >= 4 is 23.1 Å². The summed E-state index contributed by atoms with van der Waals surface area (Å²) >= 11 is 0. The van der Waals surface area contributed by atoms with Crippen LogP contribution >= 0.6 is 0 Å². The van der Waals surface area contributed by atoms with Gasteiger partial charge in [0.1, 0.15) is 11.4 Å². The Kier molecular flexibility index (Phi) is 7.12. The number of anilines is 1. The van der Waals surface area contributed by atoms with Crippen LogP contribution in [0.2, 0.25) is 0 Å². The molecule has 0 saturated heterocycles. The van der Waals surface area contributed by atoms with Gasteiger partial charge in [-0.25, -0.2) is 0 Å². The highest BCUT2D eigenvalue weighted by Crippen LogP contribution is 2.32. The average Bonchev–Trinajstić information content (AvgIpc) is 3.08. The number of rotatable bonds is 9. The first kappa shape index (κ1) is 23.3. The van der Waals surface area contributed by atoms with Gasteiger partial charge in [-0.05, 0) is 67.1 Å². The first-order valence-electron chi connectivity index (χ1n) is 11.7. The van der Waals surface area contributed by atoms with Crippen LogP contribution in [0.4, 0.5) is 5.69 Å². The molecule has 0 saturated carbocycles. The highest BCUT2D eigenvalue weighted by molar-refractivity contribution is 6.36. The molecule has 5 nitrogen and oxygen atoms in total. The summed E-state index contributed by atoms with van der Waals surface area (Å²) in [5, 5.41) is 3.29. The van der Waals surface area contributed by atoms with Crippen molar-refractivity contribution in [3.05, 3.63) is 101 Å². The van der Waals surface area contributed by atoms with E-state index in [4.69, 9.17) is 4.74 Å². The molecular weight excluding hydrogens is 424 g/mol. The molecule has 0 unspecified atom stereocenters. The monoisotopic (exact) mass is 454 g/mol. The van der Waals surface area contributed by atoms with Crippen molar-refractivity contribution in [2.45, 2.75) is 33.6 Å². The third-order valence-electron chi connectivity index (χ3n) is 5.90. The van der Waals surface area contributed by atoms with Gasteiger partial charge in [-0.15, -0.1) is 0 Å². The van der Waals surface area contributed by atoms with Crippen molar-refractivity contribution in [1.82, 2.24) is 4.90 Å². The highest BCUT2D eigenvalue weighted by atomic mass is 16.5. The van der Waals surface area contributed by atoms with Crippen molar-refractivity contribution in [2.75, 3.05) is 18.5 Å². The molecule has 34 heavy (non-hydrogen) atoms. The number of hydrogen-bond donors (Lipinski definition) is 1. The Morgan fingerprint density at radius 2 is 1.62 bits per heavy atom. The molecule has 1 N–H and O–H groups in total. The van der Waals surface area contributed by atoms with Crippen molar-refractivity contribution in [3.8, 4) is 5.75 Å². The summed E-state index contributed by atoms with van der Waals surface area (Å²) in [5.41, 5.74) is 5.38. The third-order valence-corrected chi connectivity index (χ3v) is 5.90. The van der Waals surface area contributed by atoms with Gasteiger partial charge in [0.15, 0.2) is 0 Å². The minimum absolute atomic E-state index is 0.282. The van der Waals surface area contributed by atoms with E-state index in [0.717, 1.165) is 34.5 Å². The Hall–Kier alpha value is -3.86. The second-order valence-corrected chi connectivity index (χ2v) is 8.56. The zero-order valence-electron chi connectivity index (χ0n) is 19.9. The first-order chi connectivity index (χ1) is 16.5. The normalized spacial score (nSPS) is 13.6. The Balaban J connectivity index is 1.67. The van der Waals surface area contributed by atoms with Gasteiger partial charge in [0.2, 0.25) is 0 Å². The van der Waals surface area contributed by atoms with Crippen LogP contribution in [0.5, 0.6) is 5.75 Å². The number of benzene rings is 3. The molecule has 4 rings (SSSR count). The molecule has 1 aliphatic heterocycles. The van der Waals surface area contributed by atoms with Crippen LogP contribution in [0.25, 0.3) is 5.57 Å². The number of carbonyl (C=O) groups excluding carboxylic acids is 2. The Morgan fingerprint density at radius 3 is 2.32 bits per heavy atom. The predicted molar refractivity (Wildman–Crippen MR) is 136 cm³/mol. The van der Waals surface area contributed by atoms with Gasteiger partial charge >= 0.3 is 0 Å². The number of carbonyl (C=O) groups is 2. The van der Waals surface area contributed by atoms with Crippen LogP contribution in [0.1, 0.15) is 35.6 Å². The van der Waals surface area contributed by atoms with Crippen molar-refractivity contribution in [3.63, 3.8) is 0 Å². The number of nitrogens with one attached hydrogen (secondary N) is 1. The van der Waals surface area contributed by atoms with E-state index in [9.17, 15) is 9.59 Å². The predicted octanol–water partition coefficient (Wildman–Crippen LogP) is 5.53. The van der Waals surface area contributed by atoms with E-state index >= 15 is 0 Å². The van der Waals surface area contributed by atoms with Gasteiger partial charge < -0.3 is 10.1 Å². The van der Waals surface area contributed by atoms with Crippen LogP contribution in [0.15, 0.2) is 78.5 Å². The molecule has 5 heteroatoms. The number of amides is 2. The topological polar surface area (TPSA) is 58.6 Å². The Morgan fingerprint density at radius 1 is 0.882 bits per heavy atom. The number of ether oxygens (including phenoxy) is 1. The van der Waals surface area contributed by atoms with Gasteiger partial charge in [0.25, 0.3) is 11.8 Å². The molecule has 1 aliphatic rings. The lowest BCUT2D eigenvalue weighted by molar-refractivity contribution is -0.136. The molecule has 3 aromatic carbocycles. The second-order valence-electron chi connectivity index (χ2n) is 8.56. The smallest absolute Gasteiger partial charge is 0.278 e. The maximum atomic E-state index is 13.5. The van der Waals surface area contributed by atoms with Crippen molar-refractivity contribution < 1.29 is 14.3 Å². The van der Waals surface area contributed by atoms with E-state index in [1.54, 1.807) is 0 Å². The Bertz CT molecular complexity index is 1210. The van der Waals surface area contributed by atoms with E-state index < -0.39 is 0 Å². The summed E-state index contributed by atoms with van der Waals surface area (Å²) in [6.07, 6.45) is 1.52. The molecule has 0 spiro atoms. The molecule has 0 aromatic heterocycles. The van der Waals surface area contributed by atoms with Gasteiger partial charge in [0, 0.05) is 12.2 Å². The molecule has 0 bridgehead atoms. The largest absolute Gasteiger partial charge is 0.494 e. The summed E-state index contributed by atoms with van der Waals surface area (Å²) in [7, 11) is 0. The standard InChI is InChI=1S/C29H30N2O3/c1-4-18-34-24-14-12-23(13-15-24)26-27(30-25-19-20(2)10-11-21(25)3)29(33)31(28(26)32)17-16-22-8-6-5-7-9-22/h5-15,19,30H,4,16-18H2,1-3H3. The average molecular weight is 455 g/mol. The van der Waals surface area contributed by atoms with Gasteiger partial charge in [-0.1, -0.05) is 61.5 Å². The van der Waals surface area contributed by atoms with Crippen LogP contribution < -0.4 is 10.1 Å². The minimum atomic E-state index is -0.303. The maximum Gasteiger partial charge on any atom is 0.278 e. The molecule has 0 atom stereocenters. The van der Waals surface area contributed by atoms with Crippen LogP contribution in [-0.2, 0) is 16.0 Å². The van der Waals surface area contributed by atoms with Crippen LogP contribution in [0.3, 0.4) is 0 Å². The van der Waals surface area contributed by atoms with E-state index in [0.29, 0.717) is 36.4 Å². The zero-order chi connectivity index (χ0) is 24.1.